The van der Waals surface area contributed by atoms with Crippen molar-refractivity contribution in [3.8, 4) is 17.6 Å². The van der Waals surface area contributed by atoms with Gasteiger partial charge in [0.1, 0.15) is 12.7 Å². The van der Waals surface area contributed by atoms with Crippen molar-refractivity contribution in [1.82, 2.24) is 4.98 Å². The Morgan fingerprint density at radius 2 is 2.00 bits per heavy atom. The zero-order chi connectivity index (χ0) is 22.5. The third kappa shape index (κ3) is 5.56. The lowest BCUT2D eigenvalue weighted by Crippen LogP contribution is -2.00. The monoisotopic (exact) mass is 590 g/mol. The van der Waals surface area contributed by atoms with E-state index in [1.54, 1.807) is 18.4 Å². The number of halogens is 2. The fraction of sp³-hybridized carbons (Fsp3) is 0.0833. The minimum Gasteiger partial charge on any atom is -0.493 e. The second kappa shape index (κ2) is 10.6. The molecule has 0 fully saturated rings. The van der Waals surface area contributed by atoms with Gasteiger partial charge in [-0.25, -0.2) is 4.98 Å². The van der Waals surface area contributed by atoms with Crippen LogP contribution in [0.1, 0.15) is 11.1 Å². The molecule has 0 N–H and O–H groups in total. The largest absolute Gasteiger partial charge is 0.493 e. The lowest BCUT2D eigenvalue weighted by Gasteiger charge is -2.14. The number of thiazole rings is 1. The number of para-hydroxylation sites is 1. The first-order valence-corrected chi connectivity index (χ1v) is 12.5. The maximum Gasteiger partial charge on any atom is 0.174 e. The van der Waals surface area contributed by atoms with E-state index in [-0.39, 0.29) is 0 Å². The molecule has 0 radical (unpaired) electrons. The summed E-state index contributed by atoms with van der Waals surface area (Å²) in [7, 11) is 1.61. The van der Waals surface area contributed by atoms with Crippen LogP contribution < -0.4 is 9.47 Å². The minimum absolute atomic E-state index is 0.398. The molecule has 0 aliphatic heterocycles. The normalized spacial score (nSPS) is 11.4. The SMILES string of the molecule is COc1cc(/C=C(\C#N)Sc2nc3ccccc3s2)cc(I)c1OCc1ccc(Cl)cc1. The third-order valence-corrected chi connectivity index (χ3v) is 7.51. The van der Waals surface area contributed by atoms with E-state index in [1.165, 1.54) is 11.8 Å². The van der Waals surface area contributed by atoms with E-state index >= 15 is 0 Å². The average Bonchev–Trinajstić information content (AvgIpc) is 3.21. The maximum atomic E-state index is 9.67. The molecule has 4 rings (SSSR count). The molecule has 0 spiro atoms. The van der Waals surface area contributed by atoms with E-state index in [9.17, 15) is 5.26 Å². The summed E-state index contributed by atoms with van der Waals surface area (Å²) in [6.07, 6.45) is 1.84. The molecule has 1 aromatic heterocycles. The number of benzene rings is 3. The highest BCUT2D eigenvalue weighted by molar-refractivity contribution is 14.1. The molecule has 4 nitrogen and oxygen atoms in total. The van der Waals surface area contributed by atoms with Crippen molar-refractivity contribution in [2.24, 2.45) is 0 Å². The van der Waals surface area contributed by atoms with E-state index in [0.717, 1.165) is 29.3 Å². The van der Waals surface area contributed by atoms with Crippen LogP contribution in [0, 0.1) is 14.9 Å². The van der Waals surface area contributed by atoms with Gasteiger partial charge < -0.3 is 9.47 Å². The van der Waals surface area contributed by atoms with Gasteiger partial charge in [0.2, 0.25) is 0 Å². The number of rotatable bonds is 7. The number of nitrogens with zero attached hydrogens (tertiary/aromatic N) is 2. The molecule has 0 bridgehead atoms. The Bertz CT molecular complexity index is 1300. The number of aromatic nitrogens is 1. The van der Waals surface area contributed by atoms with Crippen LogP contribution in [0.3, 0.4) is 0 Å². The molecule has 3 aromatic carbocycles. The van der Waals surface area contributed by atoms with Gasteiger partial charge in [-0.2, -0.15) is 5.26 Å². The number of hydrogen-bond donors (Lipinski definition) is 0. The molecular weight excluding hydrogens is 575 g/mol. The Morgan fingerprint density at radius 1 is 1.22 bits per heavy atom. The summed E-state index contributed by atoms with van der Waals surface area (Å²) in [4.78, 5) is 5.15. The Kier molecular flexibility index (Phi) is 7.58. The molecule has 0 saturated heterocycles. The fourth-order valence-corrected chi connectivity index (χ4v) is 5.81. The number of hydrogen-bond acceptors (Lipinski definition) is 6. The highest BCUT2D eigenvalue weighted by Crippen LogP contribution is 2.38. The van der Waals surface area contributed by atoms with Gasteiger partial charge in [0.25, 0.3) is 0 Å². The number of methoxy groups -OCH3 is 1. The van der Waals surface area contributed by atoms with Gasteiger partial charge in [-0.15, -0.1) is 11.3 Å². The molecule has 1 heterocycles. The molecule has 0 unspecified atom stereocenters. The van der Waals surface area contributed by atoms with Gasteiger partial charge in [-0.3, -0.25) is 0 Å². The summed E-state index contributed by atoms with van der Waals surface area (Å²) in [6.45, 7) is 0.398. The Hall–Kier alpha value is -2.25. The molecule has 8 heteroatoms. The molecule has 32 heavy (non-hydrogen) atoms. The van der Waals surface area contributed by atoms with E-state index in [2.05, 4.69) is 33.6 Å². The highest BCUT2D eigenvalue weighted by atomic mass is 127. The van der Waals surface area contributed by atoms with Crippen molar-refractivity contribution in [2.75, 3.05) is 7.11 Å². The molecule has 0 amide bonds. The molecule has 0 aliphatic carbocycles. The van der Waals surface area contributed by atoms with E-state index < -0.39 is 0 Å². The van der Waals surface area contributed by atoms with Crippen LogP contribution in [-0.4, -0.2) is 12.1 Å². The van der Waals surface area contributed by atoms with Crippen molar-refractivity contribution < 1.29 is 9.47 Å². The predicted octanol–water partition coefficient (Wildman–Crippen LogP) is 7.80. The number of fused-ring (bicyclic) bond motifs is 1. The zero-order valence-electron chi connectivity index (χ0n) is 16.8. The summed E-state index contributed by atoms with van der Waals surface area (Å²) in [6, 6.07) is 21.6. The lowest BCUT2D eigenvalue weighted by molar-refractivity contribution is 0.282. The van der Waals surface area contributed by atoms with E-state index in [4.69, 9.17) is 21.1 Å². The fourth-order valence-electron chi connectivity index (χ4n) is 2.92. The smallest absolute Gasteiger partial charge is 0.174 e. The first-order chi connectivity index (χ1) is 15.6. The van der Waals surface area contributed by atoms with Crippen LogP contribution in [0.2, 0.25) is 5.02 Å². The number of thioether (sulfide) groups is 1. The van der Waals surface area contributed by atoms with Gasteiger partial charge in [-0.1, -0.05) is 35.9 Å². The second-order valence-electron chi connectivity index (χ2n) is 6.62. The second-order valence-corrected chi connectivity index (χ2v) is 10.5. The van der Waals surface area contributed by atoms with Crippen LogP contribution in [0.4, 0.5) is 0 Å². The third-order valence-electron chi connectivity index (χ3n) is 4.43. The van der Waals surface area contributed by atoms with Crippen molar-refractivity contribution in [3.05, 3.63) is 85.3 Å². The Balaban J connectivity index is 1.55. The maximum absolute atomic E-state index is 9.67. The summed E-state index contributed by atoms with van der Waals surface area (Å²) in [5.41, 5.74) is 2.81. The van der Waals surface area contributed by atoms with E-state index in [1.807, 2.05) is 66.7 Å². The van der Waals surface area contributed by atoms with Crippen LogP contribution in [0.15, 0.2) is 69.9 Å². The van der Waals surface area contributed by atoms with Crippen LogP contribution in [-0.2, 0) is 6.61 Å². The van der Waals surface area contributed by atoms with Crippen LogP contribution in [0.5, 0.6) is 11.5 Å². The van der Waals surface area contributed by atoms with Crippen LogP contribution >= 0.6 is 57.3 Å². The quantitative estimate of drug-likeness (QED) is 0.125. The van der Waals surface area contributed by atoms with Gasteiger partial charge >= 0.3 is 0 Å². The number of nitriles is 1. The van der Waals surface area contributed by atoms with Crippen molar-refractivity contribution in [2.45, 2.75) is 10.9 Å². The molecular formula is C24H16ClIN2O2S2. The van der Waals surface area contributed by atoms with Gasteiger partial charge in [0.15, 0.2) is 15.8 Å². The van der Waals surface area contributed by atoms with Crippen LogP contribution in [0.25, 0.3) is 16.3 Å². The average molecular weight is 591 g/mol. The van der Waals surface area contributed by atoms with Gasteiger partial charge in [-0.05, 0) is 88.0 Å². The summed E-state index contributed by atoms with van der Waals surface area (Å²) in [5.74, 6) is 1.27. The minimum atomic E-state index is 0.398. The first kappa shape index (κ1) is 22.9. The number of ether oxygens (including phenoxy) is 2. The van der Waals surface area contributed by atoms with Gasteiger partial charge in [0.05, 0.1) is 25.8 Å². The first-order valence-electron chi connectivity index (χ1n) is 9.45. The van der Waals surface area contributed by atoms with Crippen molar-refractivity contribution in [1.29, 1.82) is 5.26 Å². The molecule has 160 valence electrons. The molecule has 0 atom stereocenters. The number of allylic oxidation sites excluding steroid dienone is 1. The summed E-state index contributed by atoms with van der Waals surface area (Å²) in [5, 5.41) is 10.4. The topological polar surface area (TPSA) is 55.1 Å². The molecule has 4 aromatic rings. The van der Waals surface area contributed by atoms with Gasteiger partial charge in [0, 0.05) is 5.02 Å². The molecule has 0 saturated carbocycles. The summed E-state index contributed by atoms with van der Waals surface area (Å²) >= 11 is 11.1. The van der Waals surface area contributed by atoms with Crippen molar-refractivity contribution in [3.63, 3.8) is 0 Å². The molecule has 0 aliphatic rings. The van der Waals surface area contributed by atoms with Crippen molar-refractivity contribution >= 4 is 73.6 Å². The lowest BCUT2D eigenvalue weighted by atomic mass is 10.2. The Morgan fingerprint density at radius 3 is 2.72 bits per heavy atom. The predicted molar refractivity (Wildman–Crippen MR) is 141 cm³/mol. The summed E-state index contributed by atoms with van der Waals surface area (Å²) < 4.78 is 14.4. The standard InChI is InChI=1S/C24H16ClIN2O2S2/c1-29-21-12-16(11-19(26)23(21)30-14-15-6-8-17(25)9-7-15)10-18(13-27)31-24-28-20-4-2-3-5-22(20)32-24/h2-12H,14H2,1H3/b18-10+. The highest BCUT2D eigenvalue weighted by Gasteiger charge is 2.13. The zero-order valence-corrected chi connectivity index (χ0v) is 21.4. The van der Waals surface area contributed by atoms with E-state index in [0.29, 0.717) is 28.0 Å². The Labute approximate surface area is 213 Å².